The van der Waals surface area contributed by atoms with E-state index in [-0.39, 0.29) is 6.04 Å². The molecule has 0 spiro atoms. The molecule has 0 bridgehead atoms. The van der Waals surface area contributed by atoms with Crippen molar-refractivity contribution in [2.24, 2.45) is 0 Å². The first-order chi connectivity index (χ1) is 10.2. The van der Waals surface area contributed by atoms with Crippen LogP contribution >= 0.6 is 0 Å². The number of nitrogens with zero attached hydrogens (tertiary/aromatic N) is 3. The van der Waals surface area contributed by atoms with Gasteiger partial charge in [0.1, 0.15) is 12.0 Å². The van der Waals surface area contributed by atoms with Crippen molar-refractivity contribution in [3.63, 3.8) is 0 Å². The summed E-state index contributed by atoms with van der Waals surface area (Å²) in [6.07, 6.45) is 2.39. The third-order valence-corrected chi connectivity index (χ3v) is 3.31. The van der Waals surface area contributed by atoms with Gasteiger partial charge in [-0.1, -0.05) is 6.92 Å². The Morgan fingerprint density at radius 3 is 2.90 bits per heavy atom. The molecule has 0 radical (unpaired) electrons. The molecule has 0 amide bonds. The molecular formula is C14H25N5O2. The highest BCUT2D eigenvalue weighted by Crippen LogP contribution is 2.25. The molecule has 7 heteroatoms. The number of hydrogen-bond donors (Lipinski definition) is 2. The molecular weight excluding hydrogens is 270 g/mol. The first kappa shape index (κ1) is 15.8. The van der Waals surface area contributed by atoms with Crippen LogP contribution in [0.15, 0.2) is 6.33 Å². The molecule has 7 nitrogen and oxygen atoms in total. The molecule has 1 aliphatic rings. The number of nitrogens with two attached hydrogens (primary N) is 1. The number of morpholine rings is 1. The minimum atomic E-state index is 0.235. The maximum Gasteiger partial charge on any atom is 0.242 e. The smallest absolute Gasteiger partial charge is 0.242 e. The molecule has 1 aromatic rings. The zero-order valence-electron chi connectivity index (χ0n) is 12.8. The first-order valence-electron chi connectivity index (χ1n) is 7.50. The zero-order chi connectivity index (χ0) is 15.1. The highest BCUT2D eigenvalue weighted by molar-refractivity contribution is 5.66. The van der Waals surface area contributed by atoms with Crippen molar-refractivity contribution in [2.75, 3.05) is 50.5 Å². The Morgan fingerprint density at radius 1 is 1.43 bits per heavy atom. The van der Waals surface area contributed by atoms with Crippen molar-refractivity contribution in [3.8, 4) is 5.88 Å². The maximum atomic E-state index is 6.06. The molecule has 2 heterocycles. The van der Waals surface area contributed by atoms with Crippen LogP contribution in [0.5, 0.6) is 5.88 Å². The molecule has 118 valence electrons. The Balaban J connectivity index is 1.91. The molecule has 1 fully saturated rings. The van der Waals surface area contributed by atoms with Gasteiger partial charge in [-0.25, -0.2) is 4.98 Å². The van der Waals surface area contributed by atoms with Gasteiger partial charge in [0.05, 0.1) is 19.8 Å². The fourth-order valence-corrected chi connectivity index (χ4v) is 2.26. The number of ether oxygens (including phenoxy) is 2. The lowest BCUT2D eigenvalue weighted by atomic mass is 10.2. The zero-order valence-corrected chi connectivity index (χ0v) is 12.8. The number of rotatable bonds is 7. The molecule has 0 aromatic carbocycles. The molecule has 2 rings (SSSR count). The monoisotopic (exact) mass is 295 g/mol. The molecule has 3 N–H and O–H groups in total. The molecule has 0 saturated carbocycles. The van der Waals surface area contributed by atoms with Crippen LogP contribution in [0.2, 0.25) is 0 Å². The van der Waals surface area contributed by atoms with E-state index >= 15 is 0 Å². The molecule has 1 aromatic heterocycles. The quantitative estimate of drug-likeness (QED) is 0.775. The minimum Gasteiger partial charge on any atom is -0.476 e. The minimum absolute atomic E-state index is 0.235. The molecule has 1 unspecified atom stereocenters. The van der Waals surface area contributed by atoms with Crippen molar-refractivity contribution in [3.05, 3.63) is 6.33 Å². The van der Waals surface area contributed by atoms with Gasteiger partial charge in [-0.05, 0) is 13.3 Å². The second-order valence-corrected chi connectivity index (χ2v) is 5.25. The summed E-state index contributed by atoms with van der Waals surface area (Å²) >= 11 is 0. The lowest BCUT2D eigenvalue weighted by Gasteiger charge is -2.29. The van der Waals surface area contributed by atoms with E-state index < -0.39 is 0 Å². The standard InChI is InChI=1S/C14H25N5O2/c1-3-6-21-14-12(15)13(16-10-17-14)18-11(2)9-19-4-7-20-8-5-19/h10-11H,3-9,15H2,1-2H3,(H,16,17,18). The Kier molecular flexibility index (Phi) is 6.01. The summed E-state index contributed by atoms with van der Waals surface area (Å²) in [4.78, 5) is 10.7. The first-order valence-corrected chi connectivity index (χ1v) is 7.50. The second-order valence-electron chi connectivity index (χ2n) is 5.25. The van der Waals surface area contributed by atoms with Crippen molar-refractivity contribution >= 4 is 11.5 Å². The van der Waals surface area contributed by atoms with Crippen molar-refractivity contribution in [1.82, 2.24) is 14.9 Å². The summed E-state index contributed by atoms with van der Waals surface area (Å²) in [7, 11) is 0. The number of anilines is 2. The number of hydrogen-bond acceptors (Lipinski definition) is 7. The van der Waals surface area contributed by atoms with Crippen LogP contribution in [0.25, 0.3) is 0 Å². The van der Waals surface area contributed by atoms with Crippen LogP contribution in [0.4, 0.5) is 11.5 Å². The Hall–Kier alpha value is -1.60. The average Bonchev–Trinajstić information content (AvgIpc) is 2.49. The SMILES string of the molecule is CCCOc1ncnc(NC(C)CN2CCOCC2)c1N. The topological polar surface area (TPSA) is 85.5 Å². The van der Waals surface area contributed by atoms with Gasteiger partial charge in [0.25, 0.3) is 0 Å². The number of nitrogens with one attached hydrogen (secondary N) is 1. The van der Waals surface area contributed by atoms with Gasteiger partial charge in [0, 0.05) is 25.7 Å². The largest absolute Gasteiger partial charge is 0.476 e. The summed E-state index contributed by atoms with van der Waals surface area (Å²) in [5, 5.41) is 3.34. The summed E-state index contributed by atoms with van der Waals surface area (Å²) in [5.41, 5.74) is 6.53. The fourth-order valence-electron chi connectivity index (χ4n) is 2.26. The van der Waals surface area contributed by atoms with E-state index in [0.717, 1.165) is 39.3 Å². The van der Waals surface area contributed by atoms with E-state index in [1.807, 2.05) is 6.92 Å². The van der Waals surface area contributed by atoms with Crippen LogP contribution in [0.3, 0.4) is 0 Å². The Bertz CT molecular complexity index is 437. The predicted octanol–water partition coefficient (Wildman–Crippen LogP) is 0.980. The van der Waals surface area contributed by atoms with Gasteiger partial charge >= 0.3 is 0 Å². The average molecular weight is 295 g/mol. The second kappa shape index (κ2) is 7.99. The Labute approximate surface area is 125 Å². The van der Waals surface area contributed by atoms with E-state index in [1.165, 1.54) is 6.33 Å². The van der Waals surface area contributed by atoms with Crippen LogP contribution < -0.4 is 15.8 Å². The third-order valence-electron chi connectivity index (χ3n) is 3.31. The molecule has 1 atom stereocenters. The summed E-state index contributed by atoms with van der Waals surface area (Å²) in [6, 6.07) is 0.235. The van der Waals surface area contributed by atoms with Gasteiger partial charge in [-0.15, -0.1) is 0 Å². The Morgan fingerprint density at radius 2 is 2.19 bits per heavy atom. The highest BCUT2D eigenvalue weighted by Gasteiger charge is 2.16. The summed E-state index contributed by atoms with van der Waals surface area (Å²) in [6.45, 7) is 9.23. The summed E-state index contributed by atoms with van der Waals surface area (Å²) < 4.78 is 10.9. The van der Waals surface area contributed by atoms with Crippen LogP contribution in [0, 0.1) is 0 Å². The lowest BCUT2D eigenvalue weighted by molar-refractivity contribution is 0.0368. The normalized spacial score (nSPS) is 17.4. The number of aromatic nitrogens is 2. The van der Waals surface area contributed by atoms with Gasteiger partial charge in [0.2, 0.25) is 5.88 Å². The fraction of sp³-hybridized carbons (Fsp3) is 0.714. The lowest BCUT2D eigenvalue weighted by Crippen LogP contribution is -2.42. The molecule has 21 heavy (non-hydrogen) atoms. The van der Waals surface area contributed by atoms with Crippen LogP contribution in [-0.4, -0.2) is 60.4 Å². The van der Waals surface area contributed by atoms with E-state index in [1.54, 1.807) is 0 Å². The number of nitrogen functional groups attached to an aromatic ring is 1. The van der Waals surface area contributed by atoms with E-state index in [0.29, 0.717) is 24.0 Å². The summed E-state index contributed by atoms with van der Waals surface area (Å²) in [5.74, 6) is 1.09. The van der Waals surface area contributed by atoms with Gasteiger partial charge in [0.15, 0.2) is 5.82 Å². The van der Waals surface area contributed by atoms with Gasteiger partial charge < -0.3 is 20.5 Å². The molecule has 0 aliphatic carbocycles. The predicted molar refractivity (Wildman–Crippen MR) is 82.6 cm³/mol. The van der Waals surface area contributed by atoms with Crippen molar-refractivity contribution in [2.45, 2.75) is 26.3 Å². The van der Waals surface area contributed by atoms with Crippen LogP contribution in [0.1, 0.15) is 20.3 Å². The third kappa shape index (κ3) is 4.71. The van der Waals surface area contributed by atoms with Gasteiger partial charge in [-0.3, -0.25) is 4.90 Å². The molecule has 1 saturated heterocycles. The van der Waals surface area contributed by atoms with E-state index in [2.05, 4.69) is 27.1 Å². The van der Waals surface area contributed by atoms with Crippen molar-refractivity contribution < 1.29 is 9.47 Å². The van der Waals surface area contributed by atoms with Gasteiger partial charge in [-0.2, -0.15) is 4.98 Å². The van der Waals surface area contributed by atoms with Crippen LogP contribution in [-0.2, 0) is 4.74 Å². The maximum absolute atomic E-state index is 6.06. The highest BCUT2D eigenvalue weighted by atomic mass is 16.5. The molecule has 1 aliphatic heterocycles. The van der Waals surface area contributed by atoms with Crippen molar-refractivity contribution in [1.29, 1.82) is 0 Å². The van der Waals surface area contributed by atoms with E-state index in [4.69, 9.17) is 15.2 Å². The van der Waals surface area contributed by atoms with E-state index in [9.17, 15) is 0 Å².